The van der Waals surface area contributed by atoms with E-state index in [1.54, 1.807) is 0 Å². The number of para-hydroxylation sites is 1. The molecule has 260 valence electrons. The fourth-order valence-corrected chi connectivity index (χ4v) is 10.3. The van der Waals surface area contributed by atoms with Crippen LogP contribution in [0.15, 0.2) is 188 Å². The minimum absolute atomic E-state index is 0.109. The first-order chi connectivity index (χ1) is 27.0. The van der Waals surface area contributed by atoms with Gasteiger partial charge in [-0.15, -0.1) is 11.3 Å². The number of nitrogens with zero attached hydrogens (tertiary/aromatic N) is 1. The monoisotopic (exact) mass is 719 g/mol. The molecule has 1 heterocycles. The third-order valence-electron chi connectivity index (χ3n) is 11.9. The van der Waals surface area contributed by atoms with Crippen LogP contribution in [0.25, 0.3) is 75.1 Å². The molecule has 10 aromatic rings. The van der Waals surface area contributed by atoms with Gasteiger partial charge in [0.15, 0.2) is 0 Å². The number of fused-ring (bicyclic) bond motifs is 9. The molecule has 0 aliphatic heterocycles. The molecule has 55 heavy (non-hydrogen) atoms. The van der Waals surface area contributed by atoms with Gasteiger partial charge in [0.05, 0.1) is 5.69 Å². The van der Waals surface area contributed by atoms with Crippen molar-refractivity contribution < 1.29 is 0 Å². The summed E-state index contributed by atoms with van der Waals surface area (Å²) in [5.74, 6) is 0. The van der Waals surface area contributed by atoms with Crippen molar-refractivity contribution in [2.24, 2.45) is 0 Å². The fraction of sp³-hybridized carbons (Fsp3) is 0.0566. The van der Waals surface area contributed by atoms with Crippen LogP contribution in [0.5, 0.6) is 0 Å². The third-order valence-corrected chi connectivity index (χ3v) is 13.0. The van der Waals surface area contributed by atoms with E-state index in [4.69, 9.17) is 0 Å². The van der Waals surface area contributed by atoms with Crippen molar-refractivity contribution in [2.75, 3.05) is 4.90 Å². The van der Waals surface area contributed by atoms with Crippen LogP contribution in [-0.4, -0.2) is 0 Å². The molecule has 0 radical (unpaired) electrons. The lowest BCUT2D eigenvalue weighted by molar-refractivity contribution is 0.660. The summed E-state index contributed by atoms with van der Waals surface area (Å²) in [6.07, 6.45) is 0. The van der Waals surface area contributed by atoms with Crippen LogP contribution in [0.1, 0.15) is 25.0 Å². The van der Waals surface area contributed by atoms with Gasteiger partial charge in [-0.2, -0.15) is 0 Å². The zero-order chi connectivity index (χ0) is 36.7. The zero-order valence-electron chi connectivity index (χ0n) is 30.8. The summed E-state index contributed by atoms with van der Waals surface area (Å²) >= 11 is 1.88. The molecule has 0 amide bonds. The molecule has 0 saturated carbocycles. The smallest absolute Gasteiger partial charge is 0.0540 e. The van der Waals surface area contributed by atoms with E-state index in [2.05, 4.69) is 207 Å². The van der Waals surface area contributed by atoms with E-state index in [1.165, 1.54) is 86.2 Å². The van der Waals surface area contributed by atoms with Gasteiger partial charge in [0, 0.05) is 42.5 Å². The van der Waals surface area contributed by atoms with E-state index in [0.717, 1.165) is 17.1 Å². The van der Waals surface area contributed by atoms with Gasteiger partial charge in [-0.25, -0.2) is 0 Å². The number of hydrogen-bond acceptors (Lipinski definition) is 2. The largest absolute Gasteiger partial charge is 0.310 e. The molecule has 1 nitrogen and oxygen atoms in total. The van der Waals surface area contributed by atoms with Crippen molar-refractivity contribution >= 4 is 70.1 Å². The summed E-state index contributed by atoms with van der Waals surface area (Å²) in [6.45, 7) is 4.72. The summed E-state index contributed by atoms with van der Waals surface area (Å²) in [5, 5.41) is 7.77. The second kappa shape index (κ2) is 12.3. The fourth-order valence-electron chi connectivity index (χ4n) is 9.14. The number of thiophene rings is 1. The summed E-state index contributed by atoms with van der Waals surface area (Å²) in [7, 11) is 0. The minimum Gasteiger partial charge on any atom is -0.310 e. The molecule has 0 N–H and O–H groups in total. The Morgan fingerprint density at radius 2 is 1.04 bits per heavy atom. The van der Waals surface area contributed by atoms with E-state index in [0.29, 0.717) is 0 Å². The molecule has 1 aliphatic carbocycles. The van der Waals surface area contributed by atoms with E-state index in [-0.39, 0.29) is 5.41 Å². The van der Waals surface area contributed by atoms with E-state index in [1.807, 2.05) is 11.3 Å². The van der Waals surface area contributed by atoms with Gasteiger partial charge in [0.1, 0.15) is 0 Å². The first-order valence-electron chi connectivity index (χ1n) is 19.1. The van der Waals surface area contributed by atoms with Crippen LogP contribution in [0, 0.1) is 0 Å². The average molecular weight is 720 g/mol. The van der Waals surface area contributed by atoms with Crippen molar-refractivity contribution in [1.82, 2.24) is 0 Å². The first-order valence-corrected chi connectivity index (χ1v) is 19.9. The SMILES string of the molecule is CC1(C)c2ccccc2-c2ccc(N(c3ccc(-c4ccc5ccc6sc7ccccc7c6c5c4)cc3)c3ccccc3-c3cccc4ccccc34)cc21. The van der Waals surface area contributed by atoms with Gasteiger partial charge < -0.3 is 4.90 Å². The average Bonchev–Trinajstić information content (AvgIpc) is 3.73. The maximum absolute atomic E-state index is 2.46. The van der Waals surface area contributed by atoms with Crippen LogP contribution in [0.4, 0.5) is 17.1 Å². The highest BCUT2D eigenvalue weighted by Crippen LogP contribution is 2.51. The van der Waals surface area contributed by atoms with E-state index in [9.17, 15) is 0 Å². The standard InChI is InChI=1S/C53H37NS/c1-53(2)47-19-8-5-15-42(47)43-30-29-39(33-48(43)53)54(49-20-9-6-16-44(49)41-18-11-13-35-12-3-4-14-40(35)41)38-27-24-34(25-28-38)37-23-22-36-26-31-51-52(46(36)32-37)45-17-7-10-21-50(45)55-51/h3-33H,1-2H3. The van der Waals surface area contributed by atoms with Gasteiger partial charge in [0.2, 0.25) is 0 Å². The molecule has 0 spiro atoms. The van der Waals surface area contributed by atoms with Crippen LogP contribution >= 0.6 is 11.3 Å². The number of rotatable bonds is 5. The highest BCUT2D eigenvalue weighted by atomic mass is 32.1. The zero-order valence-corrected chi connectivity index (χ0v) is 31.6. The Bertz CT molecular complexity index is 3120. The van der Waals surface area contributed by atoms with Gasteiger partial charge in [-0.1, -0.05) is 153 Å². The van der Waals surface area contributed by atoms with Crippen LogP contribution in [0.2, 0.25) is 0 Å². The second-order valence-electron chi connectivity index (χ2n) is 15.3. The van der Waals surface area contributed by atoms with Crippen LogP contribution in [-0.2, 0) is 5.41 Å². The Balaban J connectivity index is 1.08. The predicted molar refractivity (Wildman–Crippen MR) is 237 cm³/mol. The molecule has 2 heteroatoms. The third kappa shape index (κ3) is 4.99. The van der Waals surface area contributed by atoms with E-state index >= 15 is 0 Å². The molecule has 0 unspecified atom stereocenters. The molecule has 11 rings (SSSR count). The molecule has 0 atom stereocenters. The van der Waals surface area contributed by atoms with Gasteiger partial charge >= 0.3 is 0 Å². The molecule has 1 aromatic heterocycles. The maximum atomic E-state index is 2.46. The normalized spacial score (nSPS) is 13.1. The lowest BCUT2D eigenvalue weighted by Gasteiger charge is -2.30. The topological polar surface area (TPSA) is 3.24 Å². The van der Waals surface area contributed by atoms with Crippen molar-refractivity contribution in [3.05, 3.63) is 199 Å². The molecular formula is C53H37NS. The Kier molecular flexibility index (Phi) is 7.14. The minimum atomic E-state index is -0.109. The molecule has 0 fully saturated rings. The predicted octanol–water partition coefficient (Wildman–Crippen LogP) is 15.5. The Morgan fingerprint density at radius 1 is 0.400 bits per heavy atom. The van der Waals surface area contributed by atoms with Gasteiger partial charge in [0.25, 0.3) is 0 Å². The highest BCUT2D eigenvalue weighted by molar-refractivity contribution is 7.26. The Labute approximate surface area is 325 Å². The first kappa shape index (κ1) is 32.0. The highest BCUT2D eigenvalue weighted by Gasteiger charge is 2.36. The van der Waals surface area contributed by atoms with Crippen molar-refractivity contribution in [3.63, 3.8) is 0 Å². The van der Waals surface area contributed by atoms with Crippen LogP contribution < -0.4 is 4.90 Å². The summed E-state index contributed by atoms with van der Waals surface area (Å²) in [6, 6.07) is 69.7. The molecular weight excluding hydrogens is 683 g/mol. The van der Waals surface area contributed by atoms with Gasteiger partial charge in [-0.05, 0) is 109 Å². The molecule has 1 aliphatic rings. The quantitative estimate of drug-likeness (QED) is 0.171. The van der Waals surface area contributed by atoms with Crippen molar-refractivity contribution in [3.8, 4) is 33.4 Å². The molecule has 0 saturated heterocycles. The maximum Gasteiger partial charge on any atom is 0.0540 e. The Morgan fingerprint density at radius 3 is 1.93 bits per heavy atom. The number of benzene rings is 9. The van der Waals surface area contributed by atoms with Crippen molar-refractivity contribution in [2.45, 2.75) is 19.3 Å². The number of anilines is 3. The van der Waals surface area contributed by atoms with Crippen LogP contribution in [0.3, 0.4) is 0 Å². The number of hydrogen-bond donors (Lipinski definition) is 0. The van der Waals surface area contributed by atoms with Gasteiger partial charge in [-0.3, -0.25) is 0 Å². The Hall–Kier alpha value is -6.48. The second-order valence-corrected chi connectivity index (χ2v) is 16.4. The molecule has 9 aromatic carbocycles. The molecule has 0 bridgehead atoms. The summed E-state index contributed by atoms with van der Waals surface area (Å²) < 4.78 is 2.67. The lowest BCUT2D eigenvalue weighted by atomic mass is 9.82. The summed E-state index contributed by atoms with van der Waals surface area (Å²) in [5.41, 5.74) is 13.6. The van der Waals surface area contributed by atoms with Crippen molar-refractivity contribution in [1.29, 1.82) is 0 Å². The summed E-state index contributed by atoms with van der Waals surface area (Å²) in [4.78, 5) is 2.46. The van der Waals surface area contributed by atoms with E-state index < -0.39 is 0 Å². The lowest BCUT2D eigenvalue weighted by Crippen LogP contribution is -2.16.